The van der Waals surface area contributed by atoms with E-state index in [-0.39, 0.29) is 10.8 Å². The van der Waals surface area contributed by atoms with Crippen molar-refractivity contribution in [3.05, 3.63) is 56.5 Å². The van der Waals surface area contributed by atoms with Crippen LogP contribution in [0.5, 0.6) is 0 Å². The molecule has 0 bridgehead atoms. The number of benzene rings is 1. The van der Waals surface area contributed by atoms with Crippen molar-refractivity contribution in [2.24, 2.45) is 0 Å². The van der Waals surface area contributed by atoms with Crippen molar-refractivity contribution in [1.82, 2.24) is 5.32 Å². The first-order valence-electron chi connectivity index (χ1n) is 5.33. The van der Waals surface area contributed by atoms with Gasteiger partial charge in [-0.2, -0.15) is 11.3 Å². The van der Waals surface area contributed by atoms with E-state index in [1.807, 2.05) is 0 Å². The van der Waals surface area contributed by atoms with Crippen LogP contribution in [0.4, 0.5) is 4.39 Å². The Morgan fingerprint density at radius 1 is 1.24 bits per heavy atom. The van der Waals surface area contributed by atoms with Gasteiger partial charge in [-0.15, -0.1) is 0 Å². The smallest absolute Gasteiger partial charge is 0.146 e. The number of aryl methyl sites for hydroxylation is 1. The summed E-state index contributed by atoms with van der Waals surface area (Å²) in [6, 6.07) is 5.07. The van der Waals surface area contributed by atoms with E-state index in [1.165, 1.54) is 11.1 Å². The molecule has 0 radical (unpaired) electrons. The monoisotopic (exact) mass is 269 g/mol. The van der Waals surface area contributed by atoms with Gasteiger partial charge in [-0.1, -0.05) is 23.7 Å². The second-order valence-corrected chi connectivity index (χ2v) is 5.05. The Morgan fingerprint density at radius 3 is 2.71 bits per heavy atom. The van der Waals surface area contributed by atoms with Crippen LogP contribution in [0.1, 0.15) is 16.7 Å². The number of nitrogens with one attached hydrogen (secondary N) is 1. The van der Waals surface area contributed by atoms with Crippen molar-refractivity contribution in [3.63, 3.8) is 0 Å². The molecular weight excluding hydrogens is 257 g/mol. The predicted octanol–water partition coefficient (Wildman–Crippen LogP) is 4.14. The lowest BCUT2D eigenvalue weighted by Gasteiger charge is -2.06. The highest BCUT2D eigenvalue weighted by molar-refractivity contribution is 7.08. The molecule has 0 aliphatic heterocycles. The van der Waals surface area contributed by atoms with Crippen molar-refractivity contribution in [2.45, 2.75) is 20.0 Å². The maximum Gasteiger partial charge on any atom is 0.146 e. The highest BCUT2D eigenvalue weighted by atomic mass is 35.5. The molecule has 2 aromatic rings. The van der Waals surface area contributed by atoms with Crippen LogP contribution in [0.25, 0.3) is 0 Å². The van der Waals surface area contributed by atoms with Gasteiger partial charge < -0.3 is 5.32 Å². The molecule has 90 valence electrons. The van der Waals surface area contributed by atoms with E-state index in [1.54, 1.807) is 29.5 Å². The number of hydrogen-bond acceptors (Lipinski definition) is 2. The summed E-state index contributed by atoms with van der Waals surface area (Å²) < 4.78 is 13.6. The summed E-state index contributed by atoms with van der Waals surface area (Å²) in [6.07, 6.45) is 0. The van der Waals surface area contributed by atoms with Crippen LogP contribution in [-0.2, 0) is 13.1 Å². The van der Waals surface area contributed by atoms with Crippen molar-refractivity contribution >= 4 is 22.9 Å². The van der Waals surface area contributed by atoms with Crippen LogP contribution in [0.2, 0.25) is 5.02 Å². The second kappa shape index (κ2) is 5.63. The topological polar surface area (TPSA) is 12.0 Å². The van der Waals surface area contributed by atoms with Gasteiger partial charge in [0.05, 0.1) is 5.02 Å². The summed E-state index contributed by atoms with van der Waals surface area (Å²) in [5.74, 6) is -0.330. The number of hydrogen-bond donors (Lipinski definition) is 1. The van der Waals surface area contributed by atoms with Gasteiger partial charge in [-0.25, -0.2) is 4.39 Å². The number of halogens is 2. The molecule has 0 atom stereocenters. The maximum absolute atomic E-state index is 13.6. The van der Waals surface area contributed by atoms with E-state index >= 15 is 0 Å². The van der Waals surface area contributed by atoms with E-state index in [2.05, 4.69) is 23.0 Å². The lowest BCUT2D eigenvalue weighted by atomic mass is 10.2. The molecule has 4 heteroatoms. The second-order valence-electron chi connectivity index (χ2n) is 3.90. The van der Waals surface area contributed by atoms with Gasteiger partial charge in [0.25, 0.3) is 0 Å². The minimum atomic E-state index is -0.330. The molecule has 1 aromatic heterocycles. The zero-order chi connectivity index (χ0) is 12.3. The molecule has 1 N–H and O–H groups in total. The SMILES string of the molecule is Cc1cscc1CNCc1cccc(Cl)c1F. The third-order valence-corrected chi connectivity index (χ3v) is 3.83. The summed E-state index contributed by atoms with van der Waals surface area (Å²) in [4.78, 5) is 0. The highest BCUT2D eigenvalue weighted by Crippen LogP contribution is 2.18. The standard InChI is InChI=1S/C13H13ClFNS/c1-9-7-17-8-11(9)6-16-5-10-3-2-4-12(14)13(10)15/h2-4,7-8,16H,5-6H2,1H3. The normalized spacial score (nSPS) is 10.8. The summed E-state index contributed by atoms with van der Waals surface area (Å²) in [6.45, 7) is 3.32. The van der Waals surface area contributed by atoms with Gasteiger partial charge >= 0.3 is 0 Å². The first-order valence-corrected chi connectivity index (χ1v) is 6.66. The molecular formula is C13H13ClFNS. The van der Waals surface area contributed by atoms with Crippen LogP contribution in [0.15, 0.2) is 29.0 Å². The van der Waals surface area contributed by atoms with E-state index < -0.39 is 0 Å². The molecule has 0 fully saturated rings. The molecule has 1 heterocycles. The fraction of sp³-hybridized carbons (Fsp3) is 0.231. The first-order chi connectivity index (χ1) is 8.18. The average Bonchev–Trinajstić information content (AvgIpc) is 2.71. The summed E-state index contributed by atoms with van der Waals surface area (Å²) in [5.41, 5.74) is 3.14. The Balaban J connectivity index is 1.95. The Morgan fingerprint density at radius 2 is 2.00 bits per heavy atom. The summed E-state index contributed by atoms with van der Waals surface area (Å²) >= 11 is 7.40. The summed E-state index contributed by atoms with van der Waals surface area (Å²) in [5, 5.41) is 7.61. The van der Waals surface area contributed by atoms with E-state index in [4.69, 9.17) is 11.6 Å². The molecule has 1 aromatic carbocycles. The number of thiophene rings is 1. The van der Waals surface area contributed by atoms with Crippen LogP contribution >= 0.6 is 22.9 Å². The molecule has 1 nitrogen and oxygen atoms in total. The van der Waals surface area contributed by atoms with Crippen LogP contribution in [-0.4, -0.2) is 0 Å². The molecule has 0 aliphatic carbocycles. The third-order valence-electron chi connectivity index (χ3n) is 2.62. The fourth-order valence-electron chi connectivity index (χ4n) is 1.58. The van der Waals surface area contributed by atoms with Gasteiger partial charge in [0, 0.05) is 18.7 Å². The largest absolute Gasteiger partial charge is 0.308 e. The molecule has 17 heavy (non-hydrogen) atoms. The van der Waals surface area contributed by atoms with Crippen LogP contribution < -0.4 is 5.32 Å². The molecule has 0 saturated heterocycles. The minimum absolute atomic E-state index is 0.177. The van der Waals surface area contributed by atoms with Gasteiger partial charge in [-0.3, -0.25) is 0 Å². The molecule has 0 amide bonds. The van der Waals surface area contributed by atoms with Crippen molar-refractivity contribution in [2.75, 3.05) is 0 Å². The molecule has 0 unspecified atom stereocenters. The Kier molecular flexibility index (Phi) is 4.15. The van der Waals surface area contributed by atoms with Crippen LogP contribution in [0, 0.1) is 12.7 Å². The van der Waals surface area contributed by atoms with Gasteiger partial charge in [0.15, 0.2) is 0 Å². The molecule has 0 aliphatic rings. The zero-order valence-electron chi connectivity index (χ0n) is 9.47. The Labute approximate surface area is 109 Å². The summed E-state index contributed by atoms with van der Waals surface area (Å²) in [7, 11) is 0. The van der Waals surface area contributed by atoms with Gasteiger partial charge in [-0.05, 0) is 34.9 Å². The van der Waals surface area contributed by atoms with Crippen LogP contribution in [0.3, 0.4) is 0 Å². The van der Waals surface area contributed by atoms with E-state index in [0.29, 0.717) is 12.1 Å². The third kappa shape index (κ3) is 3.06. The lowest BCUT2D eigenvalue weighted by molar-refractivity contribution is 0.588. The minimum Gasteiger partial charge on any atom is -0.308 e. The van der Waals surface area contributed by atoms with Gasteiger partial charge in [0.1, 0.15) is 5.82 Å². The van der Waals surface area contributed by atoms with Gasteiger partial charge in [0.2, 0.25) is 0 Å². The number of rotatable bonds is 4. The first kappa shape index (κ1) is 12.6. The Hall–Kier alpha value is -0.900. The molecule has 0 spiro atoms. The van der Waals surface area contributed by atoms with Crippen molar-refractivity contribution in [1.29, 1.82) is 0 Å². The Bertz CT molecular complexity index is 510. The molecule has 0 saturated carbocycles. The maximum atomic E-state index is 13.6. The van der Waals surface area contributed by atoms with Crippen molar-refractivity contribution < 1.29 is 4.39 Å². The predicted molar refractivity (Wildman–Crippen MR) is 71.0 cm³/mol. The lowest BCUT2D eigenvalue weighted by Crippen LogP contribution is -2.13. The quantitative estimate of drug-likeness (QED) is 0.880. The zero-order valence-corrected chi connectivity index (χ0v) is 11.0. The average molecular weight is 270 g/mol. The van der Waals surface area contributed by atoms with E-state index in [0.717, 1.165) is 6.54 Å². The highest BCUT2D eigenvalue weighted by Gasteiger charge is 2.05. The van der Waals surface area contributed by atoms with Crippen molar-refractivity contribution in [3.8, 4) is 0 Å². The fourth-order valence-corrected chi connectivity index (χ4v) is 2.64. The van der Waals surface area contributed by atoms with E-state index in [9.17, 15) is 4.39 Å². The molecule has 2 rings (SSSR count).